The number of halogens is 1. The molecule has 1 aliphatic heterocycles. The molecule has 2 heterocycles. The number of piperazine rings is 1. The smallest absolute Gasteiger partial charge is 0.123 e. The van der Waals surface area contributed by atoms with Gasteiger partial charge in [-0.2, -0.15) is 0 Å². The lowest BCUT2D eigenvalue weighted by Gasteiger charge is -2.32. The summed E-state index contributed by atoms with van der Waals surface area (Å²) < 4.78 is 0. The molecule has 0 bridgehead atoms. The molecule has 0 radical (unpaired) electrons. The zero-order chi connectivity index (χ0) is 15.5. The third-order valence-corrected chi connectivity index (χ3v) is 5.54. The second-order valence-electron chi connectivity index (χ2n) is 5.93. The van der Waals surface area contributed by atoms with E-state index in [4.69, 9.17) is 11.6 Å². The van der Waals surface area contributed by atoms with Gasteiger partial charge in [-0.25, -0.2) is 4.98 Å². The molecular formula is C17H22ClN3S. The van der Waals surface area contributed by atoms with Crippen molar-refractivity contribution in [2.75, 3.05) is 33.2 Å². The van der Waals surface area contributed by atoms with E-state index in [2.05, 4.69) is 53.0 Å². The minimum atomic E-state index is 0.490. The lowest BCUT2D eigenvalue weighted by Crippen LogP contribution is -2.43. The molecule has 22 heavy (non-hydrogen) atoms. The van der Waals surface area contributed by atoms with Gasteiger partial charge in [-0.05, 0) is 19.5 Å². The lowest BCUT2D eigenvalue weighted by molar-refractivity contribution is 0.148. The van der Waals surface area contributed by atoms with Gasteiger partial charge in [0.05, 0.1) is 11.6 Å². The minimum absolute atomic E-state index is 0.490. The normalized spacial score (nSPS) is 17.0. The fourth-order valence-electron chi connectivity index (χ4n) is 2.69. The van der Waals surface area contributed by atoms with Crippen LogP contribution in [0.5, 0.6) is 0 Å². The van der Waals surface area contributed by atoms with E-state index in [0.717, 1.165) is 43.4 Å². The molecule has 0 amide bonds. The van der Waals surface area contributed by atoms with Crippen LogP contribution in [0.3, 0.4) is 0 Å². The second kappa shape index (κ2) is 7.09. The maximum absolute atomic E-state index is 5.91. The first-order valence-corrected chi connectivity index (χ1v) is 9.03. The maximum Gasteiger partial charge on any atom is 0.123 e. The van der Waals surface area contributed by atoms with Gasteiger partial charge in [-0.3, -0.25) is 4.90 Å². The summed E-state index contributed by atoms with van der Waals surface area (Å²) in [5.41, 5.74) is 3.56. The molecule has 2 aromatic rings. The summed E-state index contributed by atoms with van der Waals surface area (Å²) in [4.78, 5) is 10.7. The zero-order valence-corrected chi connectivity index (χ0v) is 14.8. The molecule has 5 heteroatoms. The van der Waals surface area contributed by atoms with Gasteiger partial charge in [0.1, 0.15) is 5.01 Å². The summed E-state index contributed by atoms with van der Waals surface area (Å²) in [5.74, 6) is 0.490. The van der Waals surface area contributed by atoms with E-state index in [-0.39, 0.29) is 0 Å². The quantitative estimate of drug-likeness (QED) is 0.796. The van der Waals surface area contributed by atoms with Gasteiger partial charge in [-0.1, -0.05) is 24.3 Å². The van der Waals surface area contributed by atoms with Crippen LogP contribution in [0.15, 0.2) is 24.3 Å². The van der Waals surface area contributed by atoms with E-state index in [1.54, 1.807) is 11.3 Å². The van der Waals surface area contributed by atoms with Gasteiger partial charge in [-0.15, -0.1) is 22.9 Å². The molecule has 3 nitrogen and oxygen atoms in total. The third-order valence-electron chi connectivity index (χ3n) is 4.22. The highest BCUT2D eigenvalue weighted by Gasteiger charge is 2.14. The van der Waals surface area contributed by atoms with E-state index in [0.29, 0.717) is 5.88 Å². The van der Waals surface area contributed by atoms with Crippen LogP contribution in [0.1, 0.15) is 16.1 Å². The average Bonchev–Trinajstić information content (AvgIpc) is 2.91. The molecule has 0 N–H and O–H groups in total. The van der Waals surface area contributed by atoms with Gasteiger partial charge in [0, 0.05) is 43.2 Å². The molecule has 1 aromatic heterocycles. The van der Waals surface area contributed by atoms with Crippen molar-refractivity contribution in [2.45, 2.75) is 19.3 Å². The van der Waals surface area contributed by atoms with E-state index in [1.165, 1.54) is 16.0 Å². The number of aryl methyl sites for hydroxylation is 1. The molecule has 0 aliphatic carbocycles. The second-order valence-corrected chi connectivity index (χ2v) is 7.40. The van der Waals surface area contributed by atoms with Crippen molar-refractivity contribution in [1.82, 2.24) is 14.8 Å². The molecular weight excluding hydrogens is 314 g/mol. The standard InChI is InChI=1S/C17H22ClN3S/c1-13-16(11-18)19-17(22-13)15-5-3-14(4-6-15)12-21-9-7-20(2)8-10-21/h3-6H,7-12H2,1-2H3. The van der Waals surface area contributed by atoms with Crippen molar-refractivity contribution >= 4 is 22.9 Å². The van der Waals surface area contributed by atoms with Gasteiger partial charge in [0.2, 0.25) is 0 Å². The van der Waals surface area contributed by atoms with Crippen LogP contribution in [0, 0.1) is 6.92 Å². The summed E-state index contributed by atoms with van der Waals surface area (Å²) in [7, 11) is 2.19. The third kappa shape index (κ3) is 3.69. The molecule has 0 atom stereocenters. The molecule has 1 aliphatic rings. The summed E-state index contributed by atoms with van der Waals surface area (Å²) >= 11 is 7.63. The van der Waals surface area contributed by atoms with Crippen LogP contribution < -0.4 is 0 Å². The van der Waals surface area contributed by atoms with E-state index < -0.39 is 0 Å². The Morgan fingerprint density at radius 3 is 2.41 bits per heavy atom. The predicted octanol–water partition coefficient (Wildman–Crippen LogP) is 3.60. The number of aromatic nitrogens is 1. The van der Waals surface area contributed by atoms with Crippen LogP contribution in [0.25, 0.3) is 10.6 Å². The zero-order valence-electron chi connectivity index (χ0n) is 13.2. The van der Waals surface area contributed by atoms with Crippen molar-refractivity contribution in [3.05, 3.63) is 40.4 Å². The van der Waals surface area contributed by atoms with Gasteiger partial charge in [0.15, 0.2) is 0 Å². The molecule has 1 fully saturated rings. The highest BCUT2D eigenvalue weighted by Crippen LogP contribution is 2.28. The van der Waals surface area contributed by atoms with E-state index >= 15 is 0 Å². The number of benzene rings is 1. The first-order chi connectivity index (χ1) is 10.7. The Morgan fingerprint density at radius 2 is 1.82 bits per heavy atom. The van der Waals surface area contributed by atoms with Crippen molar-refractivity contribution in [2.24, 2.45) is 0 Å². The largest absolute Gasteiger partial charge is 0.304 e. The van der Waals surface area contributed by atoms with Gasteiger partial charge < -0.3 is 4.90 Å². The molecule has 1 aromatic carbocycles. The number of thiazole rings is 1. The monoisotopic (exact) mass is 335 g/mol. The summed E-state index contributed by atoms with van der Waals surface area (Å²) in [5, 5.41) is 1.07. The van der Waals surface area contributed by atoms with E-state index in [1.807, 2.05) is 0 Å². The summed E-state index contributed by atoms with van der Waals surface area (Å²) in [6.45, 7) is 7.76. The first kappa shape index (κ1) is 15.9. The topological polar surface area (TPSA) is 19.4 Å². The van der Waals surface area contributed by atoms with Crippen LogP contribution in [-0.4, -0.2) is 48.0 Å². The summed E-state index contributed by atoms with van der Waals surface area (Å²) in [6, 6.07) is 8.82. The highest BCUT2D eigenvalue weighted by atomic mass is 35.5. The maximum atomic E-state index is 5.91. The van der Waals surface area contributed by atoms with Gasteiger partial charge >= 0.3 is 0 Å². The Kier molecular flexibility index (Phi) is 5.14. The predicted molar refractivity (Wildman–Crippen MR) is 94.6 cm³/mol. The molecule has 0 spiro atoms. The van der Waals surface area contributed by atoms with Crippen molar-refractivity contribution < 1.29 is 0 Å². The van der Waals surface area contributed by atoms with Crippen molar-refractivity contribution in [1.29, 1.82) is 0 Å². The van der Waals surface area contributed by atoms with Crippen LogP contribution in [0.4, 0.5) is 0 Å². The molecule has 3 rings (SSSR count). The number of rotatable bonds is 4. The average molecular weight is 336 g/mol. The Labute approximate surface area is 141 Å². The van der Waals surface area contributed by atoms with Crippen LogP contribution in [-0.2, 0) is 12.4 Å². The summed E-state index contributed by atoms with van der Waals surface area (Å²) in [6.07, 6.45) is 0. The Bertz CT molecular complexity index is 615. The Balaban J connectivity index is 1.67. The molecule has 0 unspecified atom stereocenters. The Hall–Kier alpha value is -0.940. The number of likely N-dealkylation sites (N-methyl/N-ethyl adjacent to an activating group) is 1. The molecule has 1 saturated heterocycles. The highest BCUT2D eigenvalue weighted by molar-refractivity contribution is 7.15. The van der Waals surface area contributed by atoms with Crippen LogP contribution in [0.2, 0.25) is 0 Å². The SMILES string of the molecule is Cc1sc(-c2ccc(CN3CCN(C)CC3)cc2)nc1CCl. The molecule has 118 valence electrons. The fourth-order valence-corrected chi connectivity index (χ4v) is 3.97. The lowest BCUT2D eigenvalue weighted by atomic mass is 10.1. The van der Waals surface area contributed by atoms with Gasteiger partial charge in [0.25, 0.3) is 0 Å². The number of alkyl halides is 1. The van der Waals surface area contributed by atoms with E-state index in [9.17, 15) is 0 Å². The first-order valence-electron chi connectivity index (χ1n) is 7.68. The number of hydrogen-bond acceptors (Lipinski definition) is 4. The van der Waals surface area contributed by atoms with Crippen molar-refractivity contribution in [3.8, 4) is 10.6 Å². The molecule has 0 saturated carbocycles. The Morgan fingerprint density at radius 1 is 1.14 bits per heavy atom. The number of hydrogen-bond donors (Lipinski definition) is 0. The van der Waals surface area contributed by atoms with Crippen molar-refractivity contribution in [3.63, 3.8) is 0 Å². The minimum Gasteiger partial charge on any atom is -0.304 e. The number of nitrogens with zero attached hydrogens (tertiary/aromatic N) is 3. The van der Waals surface area contributed by atoms with Crippen LogP contribution >= 0.6 is 22.9 Å². The fraction of sp³-hybridized carbons (Fsp3) is 0.471.